The van der Waals surface area contributed by atoms with Crippen molar-refractivity contribution in [2.24, 2.45) is 0 Å². The van der Waals surface area contributed by atoms with Crippen molar-refractivity contribution in [2.45, 2.75) is 70.1 Å². The average molecular weight is 197 g/mol. The van der Waals surface area contributed by atoms with E-state index in [4.69, 9.17) is 4.74 Å². The van der Waals surface area contributed by atoms with E-state index in [0.29, 0.717) is 17.7 Å². The van der Waals surface area contributed by atoms with Crippen molar-refractivity contribution in [1.82, 2.24) is 5.32 Å². The average Bonchev–Trinajstić information content (AvgIpc) is 2.74. The Hall–Kier alpha value is -0.0800. The van der Waals surface area contributed by atoms with Gasteiger partial charge in [-0.3, -0.25) is 0 Å². The molecule has 14 heavy (non-hydrogen) atoms. The van der Waals surface area contributed by atoms with Crippen LogP contribution in [0.5, 0.6) is 0 Å². The van der Waals surface area contributed by atoms with Gasteiger partial charge in [-0.25, -0.2) is 0 Å². The van der Waals surface area contributed by atoms with Crippen LogP contribution in [-0.4, -0.2) is 24.3 Å². The first-order valence-corrected chi connectivity index (χ1v) is 6.11. The molecule has 0 aromatic carbocycles. The summed E-state index contributed by atoms with van der Waals surface area (Å²) in [4.78, 5) is 0. The smallest absolute Gasteiger partial charge is 0.0708 e. The van der Waals surface area contributed by atoms with Gasteiger partial charge in [-0.1, -0.05) is 26.7 Å². The second-order valence-corrected chi connectivity index (χ2v) is 5.23. The minimum Gasteiger partial charge on any atom is -0.370 e. The highest BCUT2D eigenvalue weighted by atomic mass is 16.5. The van der Waals surface area contributed by atoms with Crippen molar-refractivity contribution in [2.75, 3.05) is 6.54 Å². The van der Waals surface area contributed by atoms with Crippen LogP contribution in [0, 0.1) is 0 Å². The van der Waals surface area contributed by atoms with Crippen LogP contribution in [-0.2, 0) is 4.74 Å². The lowest BCUT2D eigenvalue weighted by Crippen LogP contribution is -2.34. The van der Waals surface area contributed by atoms with Crippen molar-refractivity contribution < 1.29 is 4.74 Å². The minimum atomic E-state index is 0.309. The molecule has 1 aliphatic carbocycles. The third-order valence-corrected chi connectivity index (χ3v) is 3.61. The van der Waals surface area contributed by atoms with Gasteiger partial charge in [0, 0.05) is 12.6 Å². The fourth-order valence-electron chi connectivity index (χ4n) is 2.79. The van der Waals surface area contributed by atoms with Gasteiger partial charge in [-0.15, -0.1) is 0 Å². The topological polar surface area (TPSA) is 21.3 Å². The summed E-state index contributed by atoms with van der Waals surface area (Å²) in [6.07, 6.45) is 8.43. The Morgan fingerprint density at radius 1 is 1.29 bits per heavy atom. The van der Waals surface area contributed by atoms with Crippen LogP contribution in [0.15, 0.2) is 0 Å². The van der Waals surface area contributed by atoms with E-state index in [1.165, 1.54) is 38.5 Å². The van der Waals surface area contributed by atoms with Gasteiger partial charge in [0.1, 0.15) is 0 Å². The summed E-state index contributed by atoms with van der Waals surface area (Å²) in [6, 6.07) is 0.582. The molecule has 1 N–H and O–H groups in total. The van der Waals surface area contributed by atoms with Crippen molar-refractivity contribution in [3.63, 3.8) is 0 Å². The van der Waals surface area contributed by atoms with Gasteiger partial charge < -0.3 is 10.1 Å². The molecule has 0 bridgehead atoms. The van der Waals surface area contributed by atoms with Gasteiger partial charge in [-0.2, -0.15) is 0 Å². The van der Waals surface area contributed by atoms with Gasteiger partial charge in [0.25, 0.3) is 0 Å². The molecule has 1 heterocycles. The zero-order valence-corrected chi connectivity index (χ0v) is 9.51. The molecule has 2 heteroatoms. The molecular formula is C12H23NO. The summed E-state index contributed by atoms with van der Waals surface area (Å²) < 4.78 is 6.20. The van der Waals surface area contributed by atoms with Crippen LogP contribution in [0.1, 0.15) is 52.4 Å². The molecule has 1 saturated carbocycles. The Morgan fingerprint density at radius 2 is 2.00 bits per heavy atom. The molecule has 0 amide bonds. The Balaban J connectivity index is 1.76. The quantitative estimate of drug-likeness (QED) is 0.750. The lowest BCUT2D eigenvalue weighted by Gasteiger charge is -2.24. The largest absolute Gasteiger partial charge is 0.370 e. The SMILES string of the molecule is CC(C)NCC1CCC2(CCCC2)O1. The van der Waals surface area contributed by atoms with Gasteiger partial charge in [0.05, 0.1) is 11.7 Å². The summed E-state index contributed by atoms with van der Waals surface area (Å²) >= 11 is 0. The lowest BCUT2D eigenvalue weighted by molar-refractivity contribution is -0.0356. The minimum absolute atomic E-state index is 0.309. The number of hydrogen-bond acceptors (Lipinski definition) is 2. The first-order valence-electron chi connectivity index (χ1n) is 6.11. The number of hydrogen-bond donors (Lipinski definition) is 1. The Labute approximate surface area is 87.4 Å². The number of ether oxygens (including phenoxy) is 1. The van der Waals surface area contributed by atoms with Crippen molar-refractivity contribution in [3.8, 4) is 0 Å². The highest BCUT2D eigenvalue weighted by molar-refractivity contribution is 4.93. The van der Waals surface area contributed by atoms with E-state index in [2.05, 4.69) is 19.2 Å². The third-order valence-electron chi connectivity index (χ3n) is 3.61. The first kappa shape index (κ1) is 10.4. The molecule has 0 aromatic heterocycles. The van der Waals surface area contributed by atoms with Crippen LogP contribution >= 0.6 is 0 Å². The summed E-state index contributed by atoms with van der Waals surface area (Å²) in [5, 5.41) is 3.47. The maximum atomic E-state index is 6.20. The Morgan fingerprint density at radius 3 is 2.64 bits per heavy atom. The van der Waals surface area contributed by atoms with Crippen molar-refractivity contribution in [3.05, 3.63) is 0 Å². The maximum Gasteiger partial charge on any atom is 0.0708 e. The second-order valence-electron chi connectivity index (χ2n) is 5.23. The highest BCUT2D eigenvalue weighted by Crippen LogP contribution is 2.43. The molecule has 1 unspecified atom stereocenters. The second kappa shape index (κ2) is 4.19. The van der Waals surface area contributed by atoms with E-state index in [1.807, 2.05) is 0 Å². The van der Waals surface area contributed by atoms with Crippen LogP contribution in [0.25, 0.3) is 0 Å². The van der Waals surface area contributed by atoms with Crippen LogP contribution in [0.2, 0.25) is 0 Å². The fraction of sp³-hybridized carbons (Fsp3) is 1.00. The van der Waals surface area contributed by atoms with Crippen molar-refractivity contribution in [1.29, 1.82) is 0 Å². The van der Waals surface area contributed by atoms with Crippen LogP contribution in [0.3, 0.4) is 0 Å². The third kappa shape index (κ3) is 2.29. The lowest BCUT2D eigenvalue weighted by atomic mass is 9.98. The molecule has 2 aliphatic rings. The predicted molar refractivity (Wildman–Crippen MR) is 58.4 cm³/mol. The van der Waals surface area contributed by atoms with E-state index in [-0.39, 0.29) is 0 Å². The monoisotopic (exact) mass is 197 g/mol. The summed E-state index contributed by atoms with van der Waals surface area (Å²) in [5.41, 5.74) is 0.309. The summed E-state index contributed by atoms with van der Waals surface area (Å²) in [6.45, 7) is 5.43. The molecule has 2 nitrogen and oxygen atoms in total. The molecule has 2 fully saturated rings. The molecule has 1 spiro atoms. The standard InChI is InChI=1S/C12H23NO/c1-10(2)13-9-11-5-8-12(14-11)6-3-4-7-12/h10-11,13H,3-9H2,1-2H3. The molecule has 82 valence electrons. The van der Waals surface area contributed by atoms with Crippen molar-refractivity contribution >= 4 is 0 Å². The highest BCUT2D eigenvalue weighted by Gasteiger charge is 2.41. The first-order chi connectivity index (χ1) is 6.70. The molecule has 1 aliphatic heterocycles. The van der Waals surface area contributed by atoms with Gasteiger partial charge >= 0.3 is 0 Å². The van der Waals surface area contributed by atoms with Gasteiger partial charge in [0.15, 0.2) is 0 Å². The predicted octanol–water partition coefficient (Wildman–Crippen LogP) is 2.48. The summed E-state index contributed by atoms with van der Waals surface area (Å²) in [5.74, 6) is 0. The Kier molecular flexibility index (Phi) is 3.13. The van der Waals surface area contributed by atoms with E-state index in [1.54, 1.807) is 0 Å². The van der Waals surface area contributed by atoms with E-state index in [9.17, 15) is 0 Å². The van der Waals surface area contributed by atoms with E-state index < -0.39 is 0 Å². The van der Waals surface area contributed by atoms with Crippen LogP contribution in [0.4, 0.5) is 0 Å². The van der Waals surface area contributed by atoms with Gasteiger partial charge in [0.2, 0.25) is 0 Å². The summed E-state index contributed by atoms with van der Waals surface area (Å²) in [7, 11) is 0. The van der Waals surface area contributed by atoms with Crippen LogP contribution < -0.4 is 5.32 Å². The molecule has 1 saturated heterocycles. The number of nitrogens with one attached hydrogen (secondary N) is 1. The molecule has 0 radical (unpaired) electrons. The Bertz CT molecular complexity index is 185. The molecule has 0 aromatic rings. The maximum absolute atomic E-state index is 6.20. The molecule has 2 rings (SSSR count). The molecule has 1 atom stereocenters. The van der Waals surface area contributed by atoms with Gasteiger partial charge in [-0.05, 0) is 25.7 Å². The fourth-order valence-corrected chi connectivity index (χ4v) is 2.79. The van der Waals surface area contributed by atoms with E-state index >= 15 is 0 Å². The molecular weight excluding hydrogens is 174 g/mol. The van der Waals surface area contributed by atoms with E-state index in [0.717, 1.165) is 6.54 Å². The zero-order valence-electron chi connectivity index (χ0n) is 9.51. The normalized spacial score (nSPS) is 30.6. The number of rotatable bonds is 3. The zero-order chi connectivity index (χ0) is 10.0.